The zero-order chi connectivity index (χ0) is 18.0. The Hall–Kier alpha value is -1.44. The molecule has 0 radical (unpaired) electrons. The van der Waals surface area contributed by atoms with Crippen molar-refractivity contribution in [2.45, 2.75) is 44.0 Å². The van der Waals surface area contributed by atoms with Crippen LogP contribution in [0.15, 0.2) is 23.1 Å². The topological polar surface area (TPSA) is 69.7 Å². The van der Waals surface area contributed by atoms with Gasteiger partial charge in [0.05, 0.1) is 4.90 Å². The number of nitrogens with one attached hydrogen (secondary N) is 1. The van der Waals surface area contributed by atoms with Gasteiger partial charge in [0, 0.05) is 44.3 Å². The largest absolute Gasteiger partial charge is 0.336 e. The van der Waals surface area contributed by atoms with Crippen LogP contribution < -0.4 is 5.32 Å². The predicted octanol–water partition coefficient (Wildman–Crippen LogP) is 1.60. The van der Waals surface area contributed by atoms with Gasteiger partial charge in [0.15, 0.2) is 0 Å². The first-order chi connectivity index (χ1) is 11.9. The molecule has 0 aromatic heterocycles. The van der Waals surface area contributed by atoms with E-state index in [1.165, 1.54) is 0 Å². The minimum absolute atomic E-state index is 0.0819. The first kappa shape index (κ1) is 18.4. The molecule has 7 heteroatoms. The number of sulfonamides is 1. The van der Waals surface area contributed by atoms with E-state index in [2.05, 4.69) is 5.32 Å². The number of benzene rings is 1. The van der Waals surface area contributed by atoms with Crippen molar-refractivity contribution in [1.82, 2.24) is 14.5 Å². The van der Waals surface area contributed by atoms with Crippen molar-refractivity contribution in [1.29, 1.82) is 0 Å². The van der Waals surface area contributed by atoms with Crippen LogP contribution in [-0.4, -0.2) is 62.3 Å². The van der Waals surface area contributed by atoms with Crippen molar-refractivity contribution in [2.24, 2.45) is 0 Å². The number of rotatable bonds is 3. The molecule has 0 bridgehead atoms. The van der Waals surface area contributed by atoms with Gasteiger partial charge in [-0.2, -0.15) is 4.31 Å². The minimum atomic E-state index is -3.53. The Morgan fingerprint density at radius 1 is 1.16 bits per heavy atom. The van der Waals surface area contributed by atoms with E-state index in [4.69, 9.17) is 0 Å². The highest BCUT2D eigenvalue weighted by Gasteiger charge is 2.28. The van der Waals surface area contributed by atoms with Crippen molar-refractivity contribution in [3.63, 3.8) is 0 Å². The lowest BCUT2D eigenvalue weighted by Crippen LogP contribution is -2.51. The van der Waals surface area contributed by atoms with Gasteiger partial charge in [-0.1, -0.05) is 12.5 Å². The molecule has 6 nitrogen and oxygen atoms in total. The van der Waals surface area contributed by atoms with E-state index < -0.39 is 10.0 Å². The average molecular weight is 365 g/mol. The Morgan fingerprint density at radius 3 is 2.56 bits per heavy atom. The lowest BCUT2D eigenvalue weighted by molar-refractivity contribution is 0.0708. The molecule has 0 saturated carbocycles. The predicted molar refractivity (Wildman–Crippen MR) is 97.2 cm³/mol. The molecule has 1 aromatic rings. The van der Waals surface area contributed by atoms with Crippen LogP contribution in [0.25, 0.3) is 0 Å². The van der Waals surface area contributed by atoms with Gasteiger partial charge in [0.1, 0.15) is 0 Å². The van der Waals surface area contributed by atoms with E-state index in [0.717, 1.165) is 31.4 Å². The number of amides is 1. The van der Waals surface area contributed by atoms with Crippen molar-refractivity contribution in [3.8, 4) is 0 Å². The smallest absolute Gasteiger partial charge is 0.254 e. The quantitative estimate of drug-likeness (QED) is 0.883. The maximum absolute atomic E-state index is 12.9. The second kappa shape index (κ2) is 7.43. The highest BCUT2D eigenvalue weighted by Crippen LogP contribution is 2.23. The van der Waals surface area contributed by atoms with Crippen LogP contribution in [-0.2, 0) is 10.0 Å². The number of piperidine rings is 1. The first-order valence-corrected chi connectivity index (χ1v) is 10.5. The van der Waals surface area contributed by atoms with Crippen LogP contribution in [0.4, 0.5) is 0 Å². The summed E-state index contributed by atoms with van der Waals surface area (Å²) in [6, 6.07) is 5.18. The number of hydrogen-bond donors (Lipinski definition) is 1. The number of piperazine rings is 1. The molecule has 1 aromatic carbocycles. The molecule has 1 unspecified atom stereocenters. The van der Waals surface area contributed by atoms with Gasteiger partial charge in [0.25, 0.3) is 5.91 Å². The molecule has 1 N–H and O–H groups in total. The normalized spacial score (nSPS) is 22.8. The van der Waals surface area contributed by atoms with E-state index in [0.29, 0.717) is 31.7 Å². The van der Waals surface area contributed by atoms with Crippen LogP contribution in [0.3, 0.4) is 0 Å². The third kappa shape index (κ3) is 3.88. The Labute approximate surface area is 150 Å². The van der Waals surface area contributed by atoms with Gasteiger partial charge in [-0.15, -0.1) is 0 Å². The van der Waals surface area contributed by atoms with Gasteiger partial charge < -0.3 is 10.2 Å². The third-order valence-corrected chi connectivity index (χ3v) is 6.94. The fraction of sp³-hybridized carbons (Fsp3) is 0.611. The summed E-state index contributed by atoms with van der Waals surface area (Å²) in [5, 5.41) is 3.32. The average Bonchev–Trinajstić information content (AvgIpc) is 2.62. The van der Waals surface area contributed by atoms with Crippen molar-refractivity contribution < 1.29 is 13.2 Å². The van der Waals surface area contributed by atoms with Gasteiger partial charge in [-0.05, 0) is 44.4 Å². The molecular formula is C18H27N3O3S. The lowest BCUT2D eigenvalue weighted by atomic mass is 10.1. The molecule has 2 saturated heterocycles. The maximum atomic E-state index is 12.9. The fourth-order valence-electron chi connectivity index (χ4n) is 3.53. The van der Waals surface area contributed by atoms with Gasteiger partial charge in [0.2, 0.25) is 10.0 Å². The molecule has 2 fully saturated rings. The lowest BCUT2D eigenvalue weighted by Gasteiger charge is -2.32. The Balaban J connectivity index is 1.88. The highest BCUT2D eigenvalue weighted by molar-refractivity contribution is 7.89. The Bertz CT molecular complexity index is 742. The fourth-order valence-corrected chi connectivity index (χ4v) is 5.08. The Morgan fingerprint density at radius 2 is 1.88 bits per heavy atom. The van der Waals surface area contributed by atoms with Crippen LogP contribution in [0.1, 0.15) is 42.1 Å². The van der Waals surface area contributed by atoms with Crippen molar-refractivity contribution in [2.75, 3.05) is 32.7 Å². The highest BCUT2D eigenvalue weighted by atomic mass is 32.2. The third-order valence-electron chi connectivity index (χ3n) is 5.05. The standard InChI is InChI=1S/C18H27N3O3S/c1-14-6-7-16(25(23,24)21-9-4-3-5-10-21)12-17(14)18(22)20-11-8-19-15(2)13-20/h6-7,12,15,19H,3-5,8-11,13H2,1-2H3. The van der Waals surface area contributed by atoms with E-state index in [9.17, 15) is 13.2 Å². The second-order valence-electron chi connectivity index (χ2n) is 7.05. The SMILES string of the molecule is Cc1ccc(S(=O)(=O)N2CCCCC2)cc1C(=O)N1CCNC(C)C1. The van der Waals surface area contributed by atoms with Crippen LogP contribution in [0.5, 0.6) is 0 Å². The molecule has 0 aliphatic carbocycles. The number of nitrogens with zero attached hydrogens (tertiary/aromatic N) is 2. The van der Waals surface area contributed by atoms with Gasteiger partial charge >= 0.3 is 0 Å². The van der Waals surface area contributed by atoms with Crippen LogP contribution in [0.2, 0.25) is 0 Å². The summed E-state index contributed by atoms with van der Waals surface area (Å²) < 4.78 is 27.3. The monoisotopic (exact) mass is 365 g/mol. The first-order valence-electron chi connectivity index (χ1n) is 9.03. The summed E-state index contributed by atoms with van der Waals surface area (Å²) in [6.07, 6.45) is 2.87. The van der Waals surface area contributed by atoms with Crippen LogP contribution in [0, 0.1) is 6.92 Å². The van der Waals surface area contributed by atoms with Crippen molar-refractivity contribution >= 4 is 15.9 Å². The number of hydrogen-bond acceptors (Lipinski definition) is 4. The van der Waals surface area contributed by atoms with Crippen LogP contribution >= 0.6 is 0 Å². The second-order valence-corrected chi connectivity index (χ2v) is 8.99. The summed E-state index contributed by atoms with van der Waals surface area (Å²) in [5.41, 5.74) is 1.31. The zero-order valence-corrected chi connectivity index (χ0v) is 15.8. The van der Waals surface area contributed by atoms with E-state index in [1.807, 2.05) is 13.8 Å². The summed E-state index contributed by atoms with van der Waals surface area (Å²) in [7, 11) is -3.53. The van der Waals surface area contributed by atoms with E-state index in [-0.39, 0.29) is 16.8 Å². The molecule has 25 heavy (non-hydrogen) atoms. The molecule has 1 amide bonds. The molecular weight excluding hydrogens is 338 g/mol. The molecule has 2 aliphatic rings. The molecule has 1 atom stereocenters. The van der Waals surface area contributed by atoms with Crippen molar-refractivity contribution in [3.05, 3.63) is 29.3 Å². The summed E-state index contributed by atoms with van der Waals surface area (Å²) in [6.45, 7) is 7.08. The number of aryl methyl sites for hydroxylation is 1. The number of carbonyl (C=O) groups is 1. The summed E-state index contributed by atoms with van der Waals surface area (Å²) in [4.78, 5) is 14.9. The van der Waals surface area contributed by atoms with Gasteiger partial charge in [-0.3, -0.25) is 4.79 Å². The van der Waals surface area contributed by atoms with Gasteiger partial charge in [-0.25, -0.2) is 8.42 Å². The molecule has 3 rings (SSSR count). The molecule has 2 aliphatic heterocycles. The minimum Gasteiger partial charge on any atom is -0.336 e. The Kier molecular flexibility index (Phi) is 5.46. The molecule has 138 valence electrons. The summed E-state index contributed by atoms with van der Waals surface area (Å²) in [5.74, 6) is -0.0819. The van der Waals surface area contributed by atoms with E-state index in [1.54, 1.807) is 27.4 Å². The summed E-state index contributed by atoms with van der Waals surface area (Å²) >= 11 is 0. The molecule has 0 spiro atoms. The van der Waals surface area contributed by atoms with E-state index >= 15 is 0 Å². The maximum Gasteiger partial charge on any atom is 0.254 e. The molecule has 2 heterocycles. The zero-order valence-electron chi connectivity index (χ0n) is 15.0. The number of carbonyl (C=O) groups excluding carboxylic acids is 1.